The molecule has 3 aromatic rings. The maximum absolute atomic E-state index is 13.2. The topological polar surface area (TPSA) is 39.7 Å². The Hall–Kier alpha value is -2.70. The van der Waals surface area contributed by atoms with E-state index in [9.17, 15) is 4.79 Å². The summed E-state index contributed by atoms with van der Waals surface area (Å²) in [5.41, 5.74) is 2.63. The molecule has 0 bridgehead atoms. The van der Waals surface area contributed by atoms with Crippen molar-refractivity contribution in [1.82, 2.24) is 14.8 Å². The Bertz CT molecular complexity index is 983. The molecule has 0 spiro atoms. The predicted molar refractivity (Wildman–Crippen MR) is 121 cm³/mol. The first-order valence-electron chi connectivity index (χ1n) is 10.6. The molecule has 0 radical (unpaired) electrons. The van der Waals surface area contributed by atoms with Crippen molar-refractivity contribution in [3.05, 3.63) is 82.2 Å². The minimum atomic E-state index is 0.167. The highest BCUT2D eigenvalue weighted by atomic mass is 32.1. The largest absolute Gasteiger partial charge is 0.353 e. The molecule has 1 atom stereocenters. The molecule has 1 fully saturated rings. The van der Waals surface area contributed by atoms with Crippen LogP contribution < -0.4 is 4.90 Å². The van der Waals surface area contributed by atoms with Crippen molar-refractivity contribution in [2.45, 2.75) is 12.5 Å². The van der Waals surface area contributed by atoms with Crippen molar-refractivity contribution in [3.8, 4) is 0 Å². The molecule has 5 nitrogen and oxygen atoms in total. The molecule has 30 heavy (non-hydrogen) atoms. The number of nitrogens with zero attached hydrogens (tertiary/aromatic N) is 4. The third-order valence-electron chi connectivity index (χ3n) is 6.13. The Morgan fingerprint density at radius 2 is 1.77 bits per heavy atom. The molecule has 2 aromatic heterocycles. The van der Waals surface area contributed by atoms with E-state index in [0.717, 1.165) is 45.0 Å². The molecule has 5 rings (SSSR count). The molecule has 1 aromatic carbocycles. The molecule has 1 unspecified atom stereocenters. The minimum absolute atomic E-state index is 0.167. The highest BCUT2D eigenvalue weighted by Crippen LogP contribution is 2.37. The number of benzene rings is 1. The molecule has 2 aliphatic rings. The number of carbonyl (C=O) groups is 1. The zero-order valence-corrected chi connectivity index (χ0v) is 17.8. The smallest absolute Gasteiger partial charge is 0.236 e. The average molecular weight is 419 g/mol. The molecular formula is C24H26N4OS. The number of pyridine rings is 1. The van der Waals surface area contributed by atoms with Crippen LogP contribution in [0.15, 0.2) is 66.2 Å². The SMILES string of the molecule is O=C(CN1CCc2sccc2C1c1ccccc1)N1CCN(c2ccccn2)CC1. The lowest BCUT2D eigenvalue weighted by Gasteiger charge is -2.39. The molecule has 1 saturated heterocycles. The van der Waals surface area contributed by atoms with E-state index in [2.05, 4.69) is 56.6 Å². The number of anilines is 1. The van der Waals surface area contributed by atoms with Gasteiger partial charge in [-0.25, -0.2) is 4.98 Å². The third-order valence-corrected chi connectivity index (χ3v) is 7.12. The van der Waals surface area contributed by atoms with Gasteiger partial charge in [0.2, 0.25) is 5.91 Å². The number of aromatic nitrogens is 1. The number of amides is 1. The summed E-state index contributed by atoms with van der Waals surface area (Å²) in [4.78, 5) is 25.7. The minimum Gasteiger partial charge on any atom is -0.353 e. The van der Waals surface area contributed by atoms with Crippen LogP contribution in [-0.4, -0.2) is 60.0 Å². The number of hydrogen-bond acceptors (Lipinski definition) is 5. The van der Waals surface area contributed by atoms with E-state index in [-0.39, 0.29) is 11.9 Å². The van der Waals surface area contributed by atoms with Crippen molar-refractivity contribution < 1.29 is 4.79 Å². The van der Waals surface area contributed by atoms with Crippen LogP contribution in [-0.2, 0) is 11.2 Å². The zero-order chi connectivity index (χ0) is 20.3. The van der Waals surface area contributed by atoms with E-state index >= 15 is 0 Å². The van der Waals surface area contributed by atoms with Crippen LogP contribution in [0.3, 0.4) is 0 Å². The number of hydrogen-bond donors (Lipinski definition) is 0. The van der Waals surface area contributed by atoms with E-state index in [1.165, 1.54) is 16.0 Å². The Labute approximate surface area is 181 Å². The second-order valence-electron chi connectivity index (χ2n) is 7.89. The van der Waals surface area contributed by atoms with Gasteiger partial charge in [-0.1, -0.05) is 36.4 Å². The van der Waals surface area contributed by atoms with Crippen LogP contribution in [0.1, 0.15) is 22.0 Å². The van der Waals surface area contributed by atoms with Gasteiger partial charge in [-0.15, -0.1) is 11.3 Å². The van der Waals surface area contributed by atoms with Gasteiger partial charge in [0.25, 0.3) is 0 Å². The van der Waals surface area contributed by atoms with Gasteiger partial charge >= 0.3 is 0 Å². The quantitative estimate of drug-likeness (QED) is 0.651. The highest BCUT2D eigenvalue weighted by Gasteiger charge is 2.32. The predicted octanol–water partition coefficient (Wildman–Crippen LogP) is 3.44. The number of rotatable bonds is 4. The Balaban J connectivity index is 1.27. The molecule has 154 valence electrons. The van der Waals surface area contributed by atoms with Crippen LogP contribution in [0.4, 0.5) is 5.82 Å². The van der Waals surface area contributed by atoms with Gasteiger partial charge in [0.1, 0.15) is 5.82 Å². The second kappa shape index (κ2) is 8.58. The lowest BCUT2D eigenvalue weighted by atomic mass is 9.93. The molecule has 0 saturated carbocycles. The number of fused-ring (bicyclic) bond motifs is 1. The van der Waals surface area contributed by atoms with Crippen molar-refractivity contribution >= 4 is 23.1 Å². The van der Waals surface area contributed by atoms with Gasteiger partial charge in [0.05, 0.1) is 12.6 Å². The van der Waals surface area contributed by atoms with E-state index in [0.29, 0.717) is 6.54 Å². The first kappa shape index (κ1) is 19.3. The summed E-state index contributed by atoms with van der Waals surface area (Å²) in [6, 6.07) is 19.0. The van der Waals surface area contributed by atoms with Gasteiger partial charge < -0.3 is 9.80 Å². The number of piperazine rings is 1. The zero-order valence-electron chi connectivity index (χ0n) is 17.0. The van der Waals surface area contributed by atoms with E-state index in [1.807, 2.05) is 40.6 Å². The lowest BCUT2D eigenvalue weighted by Crippen LogP contribution is -2.52. The Morgan fingerprint density at radius 1 is 0.967 bits per heavy atom. The molecule has 4 heterocycles. The fourth-order valence-corrected chi connectivity index (χ4v) is 5.47. The summed E-state index contributed by atoms with van der Waals surface area (Å²) in [5.74, 6) is 1.23. The third kappa shape index (κ3) is 3.85. The summed E-state index contributed by atoms with van der Waals surface area (Å²) in [5, 5.41) is 2.18. The van der Waals surface area contributed by atoms with Gasteiger partial charge in [0.15, 0.2) is 0 Å². The van der Waals surface area contributed by atoms with Crippen molar-refractivity contribution in [1.29, 1.82) is 0 Å². The monoisotopic (exact) mass is 418 g/mol. The summed E-state index contributed by atoms with van der Waals surface area (Å²) in [7, 11) is 0. The molecule has 0 aliphatic carbocycles. The fraction of sp³-hybridized carbons (Fsp3) is 0.333. The Morgan fingerprint density at radius 3 is 2.53 bits per heavy atom. The second-order valence-corrected chi connectivity index (χ2v) is 8.89. The average Bonchev–Trinajstić information content (AvgIpc) is 3.29. The lowest BCUT2D eigenvalue weighted by molar-refractivity contribution is -0.133. The summed E-state index contributed by atoms with van der Waals surface area (Å²) in [6.07, 6.45) is 2.85. The standard InChI is InChI=1S/C24H26N4OS/c29-23(27-15-13-26(14-16-27)22-8-4-5-11-25-22)18-28-12-9-21-20(10-17-30-21)24(28)19-6-2-1-3-7-19/h1-8,10-11,17,24H,9,12-16,18H2. The molecule has 0 N–H and O–H groups in total. The first-order chi connectivity index (χ1) is 14.8. The summed E-state index contributed by atoms with van der Waals surface area (Å²) >= 11 is 1.84. The summed E-state index contributed by atoms with van der Waals surface area (Å²) in [6.45, 7) is 4.57. The molecule has 6 heteroatoms. The van der Waals surface area contributed by atoms with Crippen molar-refractivity contribution in [2.75, 3.05) is 44.2 Å². The van der Waals surface area contributed by atoms with Gasteiger partial charge in [-0.05, 0) is 41.1 Å². The van der Waals surface area contributed by atoms with Gasteiger partial charge in [-0.2, -0.15) is 0 Å². The maximum atomic E-state index is 13.2. The van der Waals surface area contributed by atoms with Gasteiger partial charge in [-0.3, -0.25) is 9.69 Å². The van der Waals surface area contributed by atoms with Crippen LogP contribution >= 0.6 is 11.3 Å². The number of carbonyl (C=O) groups excluding carboxylic acids is 1. The summed E-state index contributed by atoms with van der Waals surface area (Å²) < 4.78 is 0. The molecular weight excluding hydrogens is 392 g/mol. The fourth-order valence-electron chi connectivity index (χ4n) is 4.56. The highest BCUT2D eigenvalue weighted by molar-refractivity contribution is 7.10. The number of thiophene rings is 1. The Kier molecular flexibility index (Phi) is 5.51. The van der Waals surface area contributed by atoms with Crippen LogP contribution in [0.25, 0.3) is 0 Å². The molecule has 1 amide bonds. The van der Waals surface area contributed by atoms with Crippen LogP contribution in [0.2, 0.25) is 0 Å². The van der Waals surface area contributed by atoms with E-state index in [4.69, 9.17) is 0 Å². The van der Waals surface area contributed by atoms with Gasteiger partial charge in [0, 0.05) is 43.8 Å². The maximum Gasteiger partial charge on any atom is 0.236 e. The van der Waals surface area contributed by atoms with Crippen LogP contribution in [0, 0.1) is 0 Å². The van der Waals surface area contributed by atoms with Crippen molar-refractivity contribution in [3.63, 3.8) is 0 Å². The molecule has 2 aliphatic heterocycles. The van der Waals surface area contributed by atoms with E-state index in [1.54, 1.807) is 0 Å². The van der Waals surface area contributed by atoms with E-state index < -0.39 is 0 Å². The normalized spacial score (nSPS) is 19.5. The van der Waals surface area contributed by atoms with Crippen LogP contribution in [0.5, 0.6) is 0 Å². The first-order valence-corrected chi connectivity index (χ1v) is 11.5. The van der Waals surface area contributed by atoms with Crippen molar-refractivity contribution in [2.24, 2.45) is 0 Å².